The highest BCUT2D eigenvalue weighted by Crippen LogP contribution is 2.29. The topological polar surface area (TPSA) is 17.1 Å². The van der Waals surface area contributed by atoms with Crippen molar-refractivity contribution >= 4 is 27.2 Å². The zero-order chi connectivity index (χ0) is 15.1. The molecule has 0 bridgehead atoms. The van der Waals surface area contributed by atoms with Crippen LogP contribution in [-0.4, -0.2) is 5.78 Å². The average molecular weight is 310 g/mol. The smallest absolute Gasteiger partial charge is 0.206 e. The number of rotatable bonds is 2. The highest BCUT2D eigenvalue weighted by Gasteiger charge is 2.19. The molecule has 0 aliphatic rings. The van der Waals surface area contributed by atoms with E-state index in [0.29, 0.717) is 22.2 Å². The minimum atomic E-state index is -1.36. The highest BCUT2D eigenvalue weighted by atomic mass is 32.1. The molecular formula is C15H6F4OS. The summed E-state index contributed by atoms with van der Waals surface area (Å²) in [6.07, 6.45) is 0. The van der Waals surface area contributed by atoms with Crippen molar-refractivity contribution in [1.29, 1.82) is 0 Å². The molecule has 1 aromatic heterocycles. The van der Waals surface area contributed by atoms with Crippen LogP contribution in [0.2, 0.25) is 0 Å². The molecular weight excluding hydrogens is 304 g/mol. The summed E-state index contributed by atoms with van der Waals surface area (Å²) in [5.74, 6) is -5.02. The Labute approximate surface area is 120 Å². The number of carbonyl (C=O) groups is 1. The average Bonchev–Trinajstić information content (AvgIpc) is 2.85. The second kappa shape index (κ2) is 4.96. The molecule has 3 rings (SSSR count). The van der Waals surface area contributed by atoms with Gasteiger partial charge in [0, 0.05) is 10.8 Å². The van der Waals surface area contributed by atoms with Gasteiger partial charge in [-0.15, -0.1) is 11.3 Å². The van der Waals surface area contributed by atoms with Crippen molar-refractivity contribution in [2.75, 3.05) is 0 Å². The minimum Gasteiger partial charge on any atom is -0.288 e. The molecule has 21 heavy (non-hydrogen) atoms. The van der Waals surface area contributed by atoms with Crippen LogP contribution < -0.4 is 0 Å². The maximum Gasteiger partial charge on any atom is 0.206 e. The molecule has 6 heteroatoms. The lowest BCUT2D eigenvalue weighted by molar-refractivity contribution is 0.103. The van der Waals surface area contributed by atoms with Gasteiger partial charge in [0.2, 0.25) is 5.78 Å². The first kappa shape index (κ1) is 13.8. The molecule has 0 aliphatic carbocycles. The van der Waals surface area contributed by atoms with Gasteiger partial charge in [-0.1, -0.05) is 6.07 Å². The van der Waals surface area contributed by atoms with Gasteiger partial charge in [-0.25, -0.2) is 17.6 Å². The molecule has 0 aliphatic heterocycles. The van der Waals surface area contributed by atoms with E-state index in [-0.39, 0.29) is 4.88 Å². The van der Waals surface area contributed by atoms with Gasteiger partial charge in [-0.05, 0) is 29.7 Å². The fourth-order valence-electron chi connectivity index (χ4n) is 1.95. The van der Waals surface area contributed by atoms with Crippen molar-refractivity contribution in [3.8, 4) is 0 Å². The predicted molar refractivity (Wildman–Crippen MR) is 71.5 cm³/mol. The van der Waals surface area contributed by atoms with Gasteiger partial charge >= 0.3 is 0 Å². The van der Waals surface area contributed by atoms with E-state index in [1.165, 1.54) is 24.3 Å². The molecule has 0 amide bonds. The summed E-state index contributed by atoms with van der Waals surface area (Å²) in [4.78, 5) is 12.3. The Balaban J connectivity index is 2.10. The standard InChI is InChI=1S/C15H6F4OS/c16-8-2-1-7-3-14(21-13(7)4-8)15(20)9-5-11(18)12(19)6-10(9)17/h1-6H. The number of carbonyl (C=O) groups excluding carboxylic acids is 1. The van der Waals surface area contributed by atoms with Crippen LogP contribution in [0.5, 0.6) is 0 Å². The van der Waals surface area contributed by atoms with Crippen LogP contribution in [0.1, 0.15) is 15.2 Å². The SMILES string of the molecule is O=C(c1cc2ccc(F)cc2s1)c1cc(F)c(F)cc1F. The summed E-state index contributed by atoms with van der Waals surface area (Å²) >= 11 is 0.961. The van der Waals surface area contributed by atoms with E-state index in [0.717, 1.165) is 11.3 Å². The molecule has 0 saturated carbocycles. The van der Waals surface area contributed by atoms with Crippen molar-refractivity contribution in [3.05, 3.63) is 70.1 Å². The molecule has 0 fully saturated rings. The summed E-state index contributed by atoms with van der Waals surface area (Å²) in [7, 11) is 0. The Bertz CT molecular complexity index is 869. The van der Waals surface area contributed by atoms with Gasteiger partial charge in [-0.3, -0.25) is 4.79 Å². The summed E-state index contributed by atoms with van der Waals surface area (Å²) in [6, 6.07) is 6.29. The van der Waals surface area contributed by atoms with Crippen molar-refractivity contribution in [1.82, 2.24) is 0 Å². The molecule has 0 spiro atoms. The second-order valence-corrected chi connectivity index (χ2v) is 5.45. The molecule has 0 unspecified atom stereocenters. The third kappa shape index (κ3) is 2.42. The van der Waals surface area contributed by atoms with E-state index < -0.39 is 34.6 Å². The second-order valence-electron chi connectivity index (χ2n) is 4.37. The number of hydrogen-bond donors (Lipinski definition) is 0. The quantitative estimate of drug-likeness (QED) is 0.381. The van der Waals surface area contributed by atoms with Gasteiger partial charge in [-0.2, -0.15) is 0 Å². The third-order valence-corrected chi connectivity index (χ3v) is 4.06. The zero-order valence-corrected chi connectivity index (χ0v) is 11.1. The molecule has 2 aromatic carbocycles. The number of halogens is 4. The molecule has 3 aromatic rings. The normalized spacial score (nSPS) is 11.0. The van der Waals surface area contributed by atoms with Crippen molar-refractivity contribution in [2.24, 2.45) is 0 Å². The fraction of sp³-hybridized carbons (Fsp3) is 0. The number of thiophene rings is 1. The summed E-state index contributed by atoms with van der Waals surface area (Å²) in [5.41, 5.74) is -0.555. The lowest BCUT2D eigenvalue weighted by Gasteiger charge is -2.01. The minimum absolute atomic E-state index is 0.125. The number of hydrogen-bond acceptors (Lipinski definition) is 2. The van der Waals surface area contributed by atoms with E-state index >= 15 is 0 Å². The van der Waals surface area contributed by atoms with Crippen LogP contribution in [-0.2, 0) is 0 Å². The maximum atomic E-state index is 13.6. The van der Waals surface area contributed by atoms with E-state index in [1.54, 1.807) is 0 Å². The van der Waals surface area contributed by atoms with E-state index in [9.17, 15) is 22.4 Å². The van der Waals surface area contributed by atoms with Gasteiger partial charge in [0.15, 0.2) is 11.6 Å². The van der Waals surface area contributed by atoms with Crippen LogP contribution in [0.15, 0.2) is 36.4 Å². The molecule has 0 atom stereocenters. The summed E-state index contributed by atoms with van der Waals surface area (Å²) in [6.45, 7) is 0. The first-order valence-electron chi connectivity index (χ1n) is 5.84. The highest BCUT2D eigenvalue weighted by molar-refractivity contribution is 7.21. The van der Waals surface area contributed by atoms with Gasteiger partial charge < -0.3 is 0 Å². The third-order valence-electron chi connectivity index (χ3n) is 2.96. The molecule has 0 saturated heterocycles. The van der Waals surface area contributed by atoms with Crippen LogP contribution in [0, 0.1) is 23.3 Å². The molecule has 1 heterocycles. The van der Waals surface area contributed by atoms with Crippen LogP contribution in [0.3, 0.4) is 0 Å². The van der Waals surface area contributed by atoms with Crippen molar-refractivity contribution < 1.29 is 22.4 Å². The monoisotopic (exact) mass is 310 g/mol. The molecule has 0 radical (unpaired) electrons. The van der Waals surface area contributed by atoms with Gasteiger partial charge in [0.25, 0.3) is 0 Å². The van der Waals surface area contributed by atoms with Crippen LogP contribution >= 0.6 is 11.3 Å². The first-order chi connectivity index (χ1) is 9.95. The van der Waals surface area contributed by atoms with Crippen LogP contribution in [0.25, 0.3) is 10.1 Å². The zero-order valence-electron chi connectivity index (χ0n) is 10.3. The van der Waals surface area contributed by atoms with Crippen LogP contribution in [0.4, 0.5) is 17.6 Å². The van der Waals surface area contributed by atoms with E-state index in [1.807, 2.05) is 0 Å². The predicted octanol–water partition coefficient (Wildman–Crippen LogP) is 4.69. The maximum absolute atomic E-state index is 13.6. The molecule has 106 valence electrons. The summed E-state index contributed by atoms with van der Waals surface area (Å²) < 4.78 is 53.2. The van der Waals surface area contributed by atoms with Gasteiger partial charge in [0.05, 0.1) is 10.4 Å². The number of ketones is 1. The van der Waals surface area contributed by atoms with E-state index in [4.69, 9.17) is 0 Å². The number of benzene rings is 2. The number of fused-ring (bicyclic) bond motifs is 1. The Morgan fingerprint density at radius 2 is 1.57 bits per heavy atom. The Hall–Kier alpha value is -2.21. The molecule has 1 nitrogen and oxygen atoms in total. The lowest BCUT2D eigenvalue weighted by atomic mass is 10.1. The summed E-state index contributed by atoms with van der Waals surface area (Å²) in [5, 5.41) is 0.618. The Morgan fingerprint density at radius 1 is 0.857 bits per heavy atom. The van der Waals surface area contributed by atoms with Gasteiger partial charge in [0.1, 0.15) is 11.6 Å². The Kier molecular flexibility index (Phi) is 3.25. The van der Waals surface area contributed by atoms with Crippen molar-refractivity contribution in [3.63, 3.8) is 0 Å². The first-order valence-corrected chi connectivity index (χ1v) is 6.65. The van der Waals surface area contributed by atoms with Crippen molar-refractivity contribution in [2.45, 2.75) is 0 Å². The Morgan fingerprint density at radius 3 is 2.33 bits per heavy atom. The largest absolute Gasteiger partial charge is 0.288 e. The lowest BCUT2D eigenvalue weighted by Crippen LogP contribution is -2.04. The molecule has 0 N–H and O–H groups in total. The van der Waals surface area contributed by atoms with E-state index in [2.05, 4.69) is 0 Å². The fourth-order valence-corrected chi connectivity index (χ4v) is 2.99.